The Kier molecular flexibility index (Phi) is 4.76. The Morgan fingerprint density at radius 2 is 2.05 bits per heavy atom. The Labute approximate surface area is 119 Å². The Bertz CT molecular complexity index is 481. The molecule has 0 radical (unpaired) electrons. The molecular weight excluding hydrogens is 257 g/mol. The van der Waals surface area contributed by atoms with Crippen molar-refractivity contribution in [3.8, 4) is 5.75 Å². The van der Waals surface area contributed by atoms with E-state index in [9.17, 15) is 9.18 Å². The van der Waals surface area contributed by atoms with Crippen molar-refractivity contribution in [2.24, 2.45) is 11.1 Å². The summed E-state index contributed by atoms with van der Waals surface area (Å²) in [6.07, 6.45) is 5.69. The van der Waals surface area contributed by atoms with Crippen LogP contribution in [-0.2, 0) is 0 Å². The van der Waals surface area contributed by atoms with Crippen molar-refractivity contribution in [3.63, 3.8) is 0 Å². The van der Waals surface area contributed by atoms with Crippen LogP contribution in [0.4, 0.5) is 4.39 Å². The summed E-state index contributed by atoms with van der Waals surface area (Å²) in [6.45, 7) is 0.497. The Morgan fingerprint density at radius 1 is 1.35 bits per heavy atom. The van der Waals surface area contributed by atoms with Crippen molar-refractivity contribution in [2.45, 2.75) is 38.5 Å². The number of Topliss-reactive ketones (excluding diaryl/α,β-unsaturated/α-hetero) is 1. The first-order valence-electron chi connectivity index (χ1n) is 7.17. The second-order valence-corrected chi connectivity index (χ2v) is 5.71. The van der Waals surface area contributed by atoms with Crippen molar-refractivity contribution in [2.75, 3.05) is 13.7 Å². The fraction of sp³-hybridized carbons (Fsp3) is 0.562. The maximum Gasteiger partial charge on any atom is 0.166 e. The average molecular weight is 279 g/mol. The second-order valence-electron chi connectivity index (χ2n) is 5.71. The van der Waals surface area contributed by atoms with E-state index in [1.54, 1.807) is 6.07 Å². The first-order chi connectivity index (χ1) is 9.60. The second kappa shape index (κ2) is 6.35. The molecule has 0 heterocycles. The Balaban J connectivity index is 2.14. The highest BCUT2D eigenvalue weighted by Gasteiger charge is 2.33. The van der Waals surface area contributed by atoms with E-state index in [1.807, 2.05) is 0 Å². The summed E-state index contributed by atoms with van der Waals surface area (Å²) in [7, 11) is 1.47. The van der Waals surface area contributed by atoms with Gasteiger partial charge in [-0.05, 0) is 36.9 Å². The molecule has 4 heteroatoms. The molecule has 0 spiro atoms. The van der Waals surface area contributed by atoms with Crippen LogP contribution in [0.5, 0.6) is 5.75 Å². The topological polar surface area (TPSA) is 52.3 Å². The minimum atomic E-state index is -0.516. The molecule has 0 amide bonds. The minimum Gasteiger partial charge on any atom is -0.497 e. The van der Waals surface area contributed by atoms with E-state index in [-0.39, 0.29) is 16.8 Å². The number of methoxy groups -OCH3 is 1. The molecule has 0 unspecified atom stereocenters. The monoisotopic (exact) mass is 279 g/mol. The summed E-state index contributed by atoms with van der Waals surface area (Å²) in [5, 5.41) is 0. The van der Waals surface area contributed by atoms with E-state index in [0.29, 0.717) is 18.7 Å². The quantitative estimate of drug-likeness (QED) is 0.841. The summed E-state index contributed by atoms with van der Waals surface area (Å²) >= 11 is 0. The fourth-order valence-electron chi connectivity index (χ4n) is 3.04. The van der Waals surface area contributed by atoms with Crippen molar-refractivity contribution in [1.29, 1.82) is 0 Å². The van der Waals surface area contributed by atoms with Crippen LogP contribution in [0.25, 0.3) is 0 Å². The maximum atomic E-state index is 13.9. The van der Waals surface area contributed by atoms with Gasteiger partial charge >= 0.3 is 0 Å². The van der Waals surface area contributed by atoms with Gasteiger partial charge in [0.1, 0.15) is 11.6 Å². The molecule has 1 aliphatic rings. The molecule has 110 valence electrons. The van der Waals surface area contributed by atoms with Gasteiger partial charge in [0.25, 0.3) is 0 Å². The predicted octanol–water partition coefficient (Wildman–Crippen LogP) is 3.32. The van der Waals surface area contributed by atoms with Crippen molar-refractivity contribution in [3.05, 3.63) is 29.6 Å². The Hall–Kier alpha value is -1.42. The predicted molar refractivity (Wildman–Crippen MR) is 76.5 cm³/mol. The number of nitrogens with two attached hydrogens (primary N) is 1. The SMILES string of the molecule is COc1ccc(C(=O)CC2(CN)CCCCC2)c(F)c1. The molecule has 1 aromatic carbocycles. The standard InChI is InChI=1S/C16H22FNO2/c1-20-12-5-6-13(14(17)9-12)15(19)10-16(11-18)7-3-2-4-8-16/h5-6,9H,2-4,7-8,10-11,18H2,1H3. The van der Waals surface area contributed by atoms with E-state index in [1.165, 1.54) is 25.7 Å². The van der Waals surface area contributed by atoms with E-state index in [0.717, 1.165) is 25.7 Å². The van der Waals surface area contributed by atoms with Gasteiger partial charge in [0.2, 0.25) is 0 Å². The summed E-state index contributed by atoms with van der Waals surface area (Å²) < 4.78 is 18.9. The fourth-order valence-corrected chi connectivity index (χ4v) is 3.04. The minimum absolute atomic E-state index is 0.137. The third-order valence-electron chi connectivity index (χ3n) is 4.36. The summed E-state index contributed by atoms with van der Waals surface area (Å²) in [5.74, 6) is -0.250. The summed E-state index contributed by atoms with van der Waals surface area (Å²) in [4.78, 5) is 12.4. The molecule has 1 fully saturated rings. The molecule has 2 rings (SSSR count). The highest BCUT2D eigenvalue weighted by atomic mass is 19.1. The molecule has 1 aliphatic carbocycles. The molecule has 0 aliphatic heterocycles. The van der Waals surface area contributed by atoms with E-state index >= 15 is 0 Å². The molecule has 0 aromatic heterocycles. The Morgan fingerprint density at radius 3 is 2.60 bits per heavy atom. The number of hydrogen-bond donors (Lipinski definition) is 1. The van der Waals surface area contributed by atoms with E-state index < -0.39 is 5.82 Å². The number of ketones is 1. The van der Waals surface area contributed by atoms with Crippen LogP contribution >= 0.6 is 0 Å². The third-order valence-corrected chi connectivity index (χ3v) is 4.36. The lowest BCUT2D eigenvalue weighted by molar-refractivity contribution is 0.0864. The number of hydrogen-bond acceptors (Lipinski definition) is 3. The number of halogens is 1. The van der Waals surface area contributed by atoms with Gasteiger partial charge in [0.15, 0.2) is 5.78 Å². The molecule has 2 N–H and O–H groups in total. The molecule has 1 aromatic rings. The lowest BCUT2D eigenvalue weighted by atomic mass is 9.70. The maximum absolute atomic E-state index is 13.9. The highest BCUT2D eigenvalue weighted by molar-refractivity contribution is 5.96. The van der Waals surface area contributed by atoms with Gasteiger partial charge in [-0.3, -0.25) is 4.79 Å². The summed E-state index contributed by atoms with van der Waals surface area (Å²) in [6, 6.07) is 4.37. The van der Waals surface area contributed by atoms with Crippen LogP contribution in [0.3, 0.4) is 0 Å². The smallest absolute Gasteiger partial charge is 0.166 e. The molecular formula is C16H22FNO2. The molecule has 20 heavy (non-hydrogen) atoms. The van der Waals surface area contributed by atoms with Crippen LogP contribution in [0.1, 0.15) is 48.9 Å². The number of carbonyl (C=O) groups excluding carboxylic acids is 1. The number of ether oxygens (including phenoxy) is 1. The van der Waals surface area contributed by atoms with Crippen LogP contribution < -0.4 is 10.5 Å². The largest absolute Gasteiger partial charge is 0.497 e. The van der Waals surface area contributed by atoms with Crippen molar-refractivity contribution < 1.29 is 13.9 Å². The van der Waals surface area contributed by atoms with Gasteiger partial charge in [0.05, 0.1) is 12.7 Å². The van der Waals surface area contributed by atoms with Gasteiger partial charge in [-0.1, -0.05) is 19.3 Å². The van der Waals surface area contributed by atoms with Crippen LogP contribution in [0.2, 0.25) is 0 Å². The van der Waals surface area contributed by atoms with E-state index in [4.69, 9.17) is 10.5 Å². The zero-order valence-corrected chi connectivity index (χ0v) is 12.0. The van der Waals surface area contributed by atoms with Gasteiger partial charge in [-0.15, -0.1) is 0 Å². The number of benzene rings is 1. The first-order valence-corrected chi connectivity index (χ1v) is 7.17. The van der Waals surface area contributed by atoms with Crippen LogP contribution in [0.15, 0.2) is 18.2 Å². The van der Waals surface area contributed by atoms with Gasteiger partial charge in [-0.25, -0.2) is 4.39 Å². The normalized spacial score (nSPS) is 17.8. The zero-order valence-electron chi connectivity index (χ0n) is 12.0. The average Bonchev–Trinajstić information content (AvgIpc) is 2.47. The molecule has 0 saturated heterocycles. The molecule has 0 atom stereocenters. The third kappa shape index (κ3) is 3.18. The first kappa shape index (κ1) is 15.0. The van der Waals surface area contributed by atoms with Crippen molar-refractivity contribution >= 4 is 5.78 Å². The van der Waals surface area contributed by atoms with Crippen LogP contribution in [-0.4, -0.2) is 19.4 Å². The van der Waals surface area contributed by atoms with E-state index in [2.05, 4.69) is 0 Å². The number of rotatable bonds is 5. The van der Waals surface area contributed by atoms with Gasteiger partial charge < -0.3 is 10.5 Å². The number of carbonyl (C=O) groups is 1. The summed E-state index contributed by atoms with van der Waals surface area (Å²) in [5.41, 5.74) is 5.89. The van der Waals surface area contributed by atoms with Gasteiger partial charge in [-0.2, -0.15) is 0 Å². The van der Waals surface area contributed by atoms with Gasteiger partial charge in [0, 0.05) is 12.5 Å². The molecule has 3 nitrogen and oxygen atoms in total. The van der Waals surface area contributed by atoms with Crippen molar-refractivity contribution in [1.82, 2.24) is 0 Å². The lowest BCUT2D eigenvalue weighted by Crippen LogP contribution is -2.35. The lowest BCUT2D eigenvalue weighted by Gasteiger charge is -2.35. The molecule has 1 saturated carbocycles. The molecule has 0 bridgehead atoms. The van der Waals surface area contributed by atoms with Crippen LogP contribution in [0, 0.1) is 11.2 Å². The zero-order chi connectivity index (χ0) is 14.6. The highest BCUT2D eigenvalue weighted by Crippen LogP contribution is 2.39.